The minimum absolute atomic E-state index is 0.129. The zero-order valence-corrected chi connectivity index (χ0v) is 10.1. The molecular weight excluding hydrogens is 182 g/mol. The van der Waals surface area contributed by atoms with Crippen LogP contribution in [0, 0.1) is 17.8 Å². The van der Waals surface area contributed by atoms with Gasteiger partial charge in [0.2, 0.25) is 0 Å². The van der Waals surface area contributed by atoms with Gasteiger partial charge in [-0.1, -0.05) is 25.2 Å². The second-order valence-electron chi connectivity index (χ2n) is 5.93. The van der Waals surface area contributed by atoms with Gasteiger partial charge in [-0.3, -0.25) is 5.32 Å². The van der Waals surface area contributed by atoms with Gasteiger partial charge in [0.05, 0.1) is 5.54 Å². The Morgan fingerprint density at radius 3 is 2.33 bits per heavy atom. The summed E-state index contributed by atoms with van der Waals surface area (Å²) in [5, 5.41) is 3.67. The Bertz CT molecular complexity index is 266. The van der Waals surface area contributed by atoms with Gasteiger partial charge in [-0.05, 0) is 44.9 Å². The van der Waals surface area contributed by atoms with Gasteiger partial charge in [0.1, 0.15) is 0 Å². The van der Waals surface area contributed by atoms with Gasteiger partial charge in [0.25, 0.3) is 0 Å². The van der Waals surface area contributed by atoms with Gasteiger partial charge < -0.3 is 0 Å². The van der Waals surface area contributed by atoms with Crippen LogP contribution >= 0.6 is 0 Å². The van der Waals surface area contributed by atoms with E-state index in [0.717, 1.165) is 0 Å². The summed E-state index contributed by atoms with van der Waals surface area (Å²) in [6.45, 7) is 4.23. The summed E-state index contributed by atoms with van der Waals surface area (Å²) in [6, 6.07) is 0.684. The minimum atomic E-state index is -0.129. The number of nitrogens with one attached hydrogen (secondary N) is 1. The Morgan fingerprint density at radius 2 is 1.87 bits per heavy atom. The van der Waals surface area contributed by atoms with E-state index in [2.05, 4.69) is 25.1 Å². The first kappa shape index (κ1) is 11.0. The lowest BCUT2D eigenvalue weighted by Gasteiger charge is -2.54. The molecule has 0 aliphatic heterocycles. The van der Waals surface area contributed by atoms with Crippen LogP contribution in [0.15, 0.2) is 0 Å². The number of terminal acetylenes is 1. The third-order valence-electron chi connectivity index (χ3n) is 4.42. The van der Waals surface area contributed by atoms with E-state index in [1.54, 1.807) is 0 Å². The number of hydrogen-bond acceptors (Lipinski definition) is 1. The van der Waals surface area contributed by atoms with E-state index in [1.165, 1.54) is 44.9 Å². The SMILES string of the molecule is C#CC(C)(C)NC1CCC12CCCCC2. The highest BCUT2D eigenvalue weighted by molar-refractivity contribution is 5.12. The average Bonchev–Trinajstić information content (AvgIpc) is 2.26. The van der Waals surface area contributed by atoms with Crippen molar-refractivity contribution in [3.05, 3.63) is 0 Å². The molecule has 1 nitrogen and oxygen atoms in total. The zero-order chi connectivity index (χ0) is 10.9. The van der Waals surface area contributed by atoms with E-state index in [-0.39, 0.29) is 5.54 Å². The molecule has 84 valence electrons. The maximum absolute atomic E-state index is 5.54. The molecule has 0 bridgehead atoms. The monoisotopic (exact) mass is 205 g/mol. The summed E-state index contributed by atoms with van der Waals surface area (Å²) in [7, 11) is 0. The van der Waals surface area contributed by atoms with Gasteiger partial charge >= 0.3 is 0 Å². The smallest absolute Gasteiger partial charge is 0.0743 e. The fourth-order valence-corrected chi connectivity index (χ4v) is 3.25. The maximum Gasteiger partial charge on any atom is 0.0743 e. The Morgan fingerprint density at radius 1 is 1.20 bits per heavy atom. The van der Waals surface area contributed by atoms with Crippen LogP contribution in [0.25, 0.3) is 0 Å². The van der Waals surface area contributed by atoms with Gasteiger partial charge in [-0.2, -0.15) is 0 Å². The summed E-state index contributed by atoms with van der Waals surface area (Å²) in [6.07, 6.45) is 15.4. The second kappa shape index (κ2) is 3.83. The third kappa shape index (κ3) is 2.06. The Hall–Kier alpha value is -0.480. The molecule has 0 aromatic heterocycles. The van der Waals surface area contributed by atoms with Gasteiger partial charge in [0, 0.05) is 6.04 Å². The standard InChI is InChI=1S/C14H23N/c1-4-13(2,3)15-12-8-11-14(12)9-6-5-7-10-14/h1,12,15H,5-11H2,2-3H3. The molecule has 1 heteroatoms. The van der Waals surface area contributed by atoms with Crippen LogP contribution in [-0.4, -0.2) is 11.6 Å². The predicted octanol–water partition coefficient (Wildman–Crippen LogP) is 3.10. The Balaban J connectivity index is 1.97. The van der Waals surface area contributed by atoms with Crippen LogP contribution in [0.3, 0.4) is 0 Å². The van der Waals surface area contributed by atoms with Crippen LogP contribution in [0.1, 0.15) is 58.8 Å². The minimum Gasteiger partial charge on any atom is -0.298 e. The first-order chi connectivity index (χ1) is 7.08. The van der Waals surface area contributed by atoms with Crippen molar-refractivity contribution in [2.45, 2.75) is 70.4 Å². The van der Waals surface area contributed by atoms with Gasteiger partial charge in [0.15, 0.2) is 0 Å². The summed E-state index contributed by atoms with van der Waals surface area (Å²) in [4.78, 5) is 0. The van der Waals surface area contributed by atoms with Crippen LogP contribution in [0.5, 0.6) is 0 Å². The Kier molecular flexibility index (Phi) is 2.81. The molecule has 0 heterocycles. The first-order valence-corrected chi connectivity index (χ1v) is 6.33. The second-order valence-corrected chi connectivity index (χ2v) is 5.93. The molecular formula is C14H23N. The van der Waals surface area contributed by atoms with E-state index >= 15 is 0 Å². The molecule has 1 atom stereocenters. The van der Waals surface area contributed by atoms with Crippen molar-refractivity contribution >= 4 is 0 Å². The molecule has 2 saturated carbocycles. The van der Waals surface area contributed by atoms with Gasteiger partial charge in [-0.15, -0.1) is 6.42 Å². The van der Waals surface area contributed by atoms with Crippen molar-refractivity contribution in [3.8, 4) is 12.3 Å². The summed E-state index contributed by atoms with van der Waals surface area (Å²) >= 11 is 0. The molecule has 0 radical (unpaired) electrons. The average molecular weight is 205 g/mol. The molecule has 2 fully saturated rings. The summed E-state index contributed by atoms with van der Waals surface area (Å²) < 4.78 is 0. The lowest BCUT2D eigenvalue weighted by molar-refractivity contribution is 0.0134. The van der Waals surface area contributed by atoms with E-state index in [1.807, 2.05) is 0 Å². The molecule has 1 spiro atoms. The van der Waals surface area contributed by atoms with Crippen molar-refractivity contribution in [1.29, 1.82) is 0 Å². The topological polar surface area (TPSA) is 12.0 Å². The van der Waals surface area contributed by atoms with E-state index in [4.69, 9.17) is 6.42 Å². The van der Waals surface area contributed by atoms with E-state index < -0.39 is 0 Å². The van der Waals surface area contributed by atoms with Crippen molar-refractivity contribution in [2.75, 3.05) is 0 Å². The van der Waals surface area contributed by atoms with Crippen LogP contribution in [0.4, 0.5) is 0 Å². The normalized spacial score (nSPS) is 29.5. The molecule has 0 saturated heterocycles. The van der Waals surface area contributed by atoms with Crippen molar-refractivity contribution in [2.24, 2.45) is 5.41 Å². The van der Waals surface area contributed by atoms with Crippen LogP contribution < -0.4 is 5.32 Å². The molecule has 0 aromatic carbocycles. The molecule has 2 aliphatic rings. The maximum atomic E-state index is 5.54. The predicted molar refractivity (Wildman–Crippen MR) is 64.6 cm³/mol. The molecule has 2 rings (SSSR count). The molecule has 2 aliphatic carbocycles. The van der Waals surface area contributed by atoms with Gasteiger partial charge in [-0.25, -0.2) is 0 Å². The summed E-state index contributed by atoms with van der Waals surface area (Å²) in [5.74, 6) is 2.85. The zero-order valence-electron chi connectivity index (χ0n) is 10.1. The highest BCUT2D eigenvalue weighted by Gasteiger charge is 2.47. The van der Waals surface area contributed by atoms with Crippen molar-refractivity contribution < 1.29 is 0 Å². The van der Waals surface area contributed by atoms with Crippen LogP contribution in [-0.2, 0) is 0 Å². The fourth-order valence-electron chi connectivity index (χ4n) is 3.25. The lowest BCUT2D eigenvalue weighted by Crippen LogP contribution is -2.59. The van der Waals surface area contributed by atoms with Crippen molar-refractivity contribution in [1.82, 2.24) is 5.32 Å². The van der Waals surface area contributed by atoms with E-state index in [9.17, 15) is 0 Å². The largest absolute Gasteiger partial charge is 0.298 e. The molecule has 15 heavy (non-hydrogen) atoms. The van der Waals surface area contributed by atoms with Crippen molar-refractivity contribution in [3.63, 3.8) is 0 Å². The third-order valence-corrected chi connectivity index (χ3v) is 4.42. The first-order valence-electron chi connectivity index (χ1n) is 6.33. The fraction of sp³-hybridized carbons (Fsp3) is 0.857. The molecule has 0 aromatic rings. The lowest BCUT2D eigenvalue weighted by atomic mass is 9.57. The molecule has 0 amide bonds. The highest BCUT2D eigenvalue weighted by atomic mass is 15.0. The quantitative estimate of drug-likeness (QED) is 0.683. The highest BCUT2D eigenvalue weighted by Crippen LogP contribution is 2.52. The van der Waals surface area contributed by atoms with Crippen LogP contribution in [0.2, 0.25) is 0 Å². The summed E-state index contributed by atoms with van der Waals surface area (Å²) in [5.41, 5.74) is 0.488. The number of rotatable bonds is 2. The Labute approximate surface area is 94.0 Å². The molecule has 1 N–H and O–H groups in total. The van der Waals surface area contributed by atoms with E-state index in [0.29, 0.717) is 11.5 Å². The molecule has 1 unspecified atom stereocenters. The number of hydrogen-bond donors (Lipinski definition) is 1.